The van der Waals surface area contributed by atoms with Crippen LogP contribution in [-0.2, 0) is 4.79 Å². The van der Waals surface area contributed by atoms with Crippen molar-refractivity contribution in [1.29, 1.82) is 0 Å². The summed E-state index contributed by atoms with van der Waals surface area (Å²) in [5.41, 5.74) is 0.546. The van der Waals surface area contributed by atoms with Crippen molar-refractivity contribution in [2.24, 2.45) is 0 Å². The average Bonchev–Trinajstić information content (AvgIpc) is 1.85. The van der Waals surface area contributed by atoms with Crippen LogP contribution < -0.4 is 5.32 Å². The predicted molar refractivity (Wildman–Crippen MR) is 43.4 cm³/mol. The molecule has 0 fully saturated rings. The molecule has 0 spiro atoms. The van der Waals surface area contributed by atoms with Crippen molar-refractivity contribution in [3.63, 3.8) is 0 Å². The van der Waals surface area contributed by atoms with Crippen molar-refractivity contribution in [2.75, 3.05) is 5.32 Å². The van der Waals surface area contributed by atoms with Crippen molar-refractivity contribution >= 4 is 23.2 Å². The van der Waals surface area contributed by atoms with Gasteiger partial charge in [-0.25, -0.2) is 0 Å². The quantitative estimate of drug-likeness (QED) is 0.680. The highest BCUT2D eigenvalue weighted by Gasteiger charge is 1.95. The van der Waals surface area contributed by atoms with Gasteiger partial charge >= 0.3 is 0 Å². The van der Waals surface area contributed by atoms with E-state index in [2.05, 4.69) is 17.4 Å². The number of halogens is 1. The van der Waals surface area contributed by atoms with Gasteiger partial charge in [0.1, 0.15) is 0 Å². The van der Waals surface area contributed by atoms with Crippen LogP contribution in [0.1, 0.15) is 6.92 Å². The molecule has 0 aliphatic heterocycles. The Labute approximate surface area is 70.2 Å². The van der Waals surface area contributed by atoms with E-state index in [4.69, 9.17) is 11.6 Å². The third-order valence-electron chi connectivity index (χ3n) is 1.00. The summed E-state index contributed by atoms with van der Waals surface area (Å²) in [5, 5.41) is 2.98. The van der Waals surface area contributed by atoms with E-state index in [1.165, 1.54) is 6.92 Å². The van der Waals surface area contributed by atoms with Crippen LogP contribution >= 0.6 is 11.6 Å². The Hall–Kier alpha value is -1.02. The van der Waals surface area contributed by atoms with E-state index >= 15 is 0 Å². The van der Waals surface area contributed by atoms with Gasteiger partial charge in [0.15, 0.2) is 0 Å². The second-order valence-electron chi connectivity index (χ2n) is 2.02. The minimum absolute atomic E-state index is 0.142. The van der Waals surface area contributed by atoms with Gasteiger partial charge in [-0.1, -0.05) is 11.6 Å². The lowest BCUT2D eigenvalue weighted by Gasteiger charge is -1.99. The highest BCUT2D eigenvalue weighted by molar-refractivity contribution is 6.30. The number of amides is 1. The molecule has 1 aromatic carbocycles. The number of hydrogen-bond acceptors (Lipinski definition) is 1. The number of benzene rings is 1. The Kier molecular flexibility index (Phi) is 2.49. The van der Waals surface area contributed by atoms with Crippen LogP contribution in [0, 0.1) is 12.1 Å². The van der Waals surface area contributed by atoms with Crippen molar-refractivity contribution in [3.8, 4) is 0 Å². The predicted octanol–water partition coefficient (Wildman–Crippen LogP) is 1.90. The van der Waals surface area contributed by atoms with Crippen LogP contribution in [0.2, 0.25) is 5.02 Å². The first-order valence-electron chi connectivity index (χ1n) is 3.05. The summed E-state index contributed by atoms with van der Waals surface area (Å²) in [6.45, 7) is 1.43. The molecule has 0 saturated heterocycles. The van der Waals surface area contributed by atoms with Crippen LogP contribution in [-0.4, -0.2) is 5.91 Å². The van der Waals surface area contributed by atoms with Crippen LogP contribution in [0.4, 0.5) is 5.69 Å². The molecule has 2 radical (unpaired) electrons. The number of carbonyl (C=O) groups excluding carboxylic acids is 1. The number of carbonyl (C=O) groups is 1. The van der Waals surface area contributed by atoms with Crippen LogP contribution in [0.25, 0.3) is 0 Å². The maximum absolute atomic E-state index is 10.5. The monoisotopic (exact) mass is 167 g/mol. The molecular weight excluding hydrogens is 162 g/mol. The van der Waals surface area contributed by atoms with Gasteiger partial charge in [-0.2, -0.15) is 0 Å². The van der Waals surface area contributed by atoms with Gasteiger partial charge in [0.05, 0.1) is 10.7 Å². The third kappa shape index (κ3) is 2.60. The minimum Gasteiger partial charge on any atom is -0.326 e. The minimum atomic E-state index is -0.142. The van der Waals surface area contributed by atoms with Gasteiger partial charge in [0.2, 0.25) is 5.91 Å². The summed E-state index contributed by atoms with van der Waals surface area (Å²) in [4.78, 5) is 10.5. The first kappa shape index (κ1) is 8.08. The van der Waals surface area contributed by atoms with E-state index in [1.807, 2.05) is 0 Å². The molecule has 0 bridgehead atoms. The van der Waals surface area contributed by atoms with Crippen LogP contribution in [0.3, 0.4) is 0 Å². The van der Waals surface area contributed by atoms with Crippen LogP contribution in [0.15, 0.2) is 12.1 Å². The van der Waals surface area contributed by atoms with Gasteiger partial charge in [0, 0.05) is 13.0 Å². The van der Waals surface area contributed by atoms with Crippen LogP contribution in [0.5, 0.6) is 0 Å². The molecule has 56 valence electrons. The van der Waals surface area contributed by atoms with Gasteiger partial charge in [-0.05, 0) is 18.2 Å². The fourth-order valence-electron chi connectivity index (χ4n) is 0.656. The fraction of sp³-hybridized carbons (Fsp3) is 0.125. The molecule has 0 atom stereocenters. The maximum Gasteiger partial charge on any atom is 0.221 e. The maximum atomic E-state index is 10.5. The average molecular weight is 168 g/mol. The molecule has 2 nitrogen and oxygen atoms in total. The Morgan fingerprint density at radius 3 is 2.91 bits per heavy atom. The summed E-state index contributed by atoms with van der Waals surface area (Å²) >= 11 is 5.59. The molecule has 1 aromatic rings. The first-order valence-corrected chi connectivity index (χ1v) is 3.43. The van der Waals surface area contributed by atoms with Crippen molar-refractivity contribution < 1.29 is 4.79 Å². The number of nitrogens with one attached hydrogen (secondary N) is 1. The zero-order valence-electron chi connectivity index (χ0n) is 5.94. The summed E-state index contributed by atoms with van der Waals surface area (Å²) in [5.74, 6) is -0.142. The van der Waals surface area contributed by atoms with Gasteiger partial charge < -0.3 is 5.32 Å². The third-order valence-corrected chi connectivity index (χ3v) is 1.21. The molecule has 11 heavy (non-hydrogen) atoms. The highest BCUT2D eigenvalue weighted by Crippen LogP contribution is 2.12. The first-order chi connectivity index (χ1) is 5.18. The summed E-state index contributed by atoms with van der Waals surface area (Å²) in [7, 11) is 0. The number of hydrogen-bond donors (Lipinski definition) is 1. The highest BCUT2D eigenvalue weighted by atomic mass is 35.5. The van der Waals surface area contributed by atoms with Crippen molar-refractivity contribution in [2.45, 2.75) is 6.92 Å². The topological polar surface area (TPSA) is 29.1 Å². The van der Waals surface area contributed by atoms with Crippen molar-refractivity contribution in [3.05, 3.63) is 29.3 Å². The number of rotatable bonds is 1. The molecule has 1 rings (SSSR count). The Morgan fingerprint density at radius 2 is 2.36 bits per heavy atom. The second-order valence-corrected chi connectivity index (χ2v) is 2.43. The summed E-state index contributed by atoms with van der Waals surface area (Å²) in [6.07, 6.45) is 0. The van der Waals surface area contributed by atoms with Crippen molar-refractivity contribution in [1.82, 2.24) is 0 Å². The molecule has 1 amide bonds. The van der Waals surface area contributed by atoms with E-state index in [9.17, 15) is 4.79 Å². The van der Waals surface area contributed by atoms with E-state index in [0.717, 1.165) is 0 Å². The smallest absolute Gasteiger partial charge is 0.221 e. The van der Waals surface area contributed by atoms with Gasteiger partial charge in [-0.3, -0.25) is 4.79 Å². The second kappa shape index (κ2) is 3.39. The van der Waals surface area contributed by atoms with E-state index in [1.54, 1.807) is 12.1 Å². The van der Waals surface area contributed by atoms with E-state index in [-0.39, 0.29) is 5.91 Å². The molecule has 0 aliphatic rings. The Balaban J connectivity index is 2.79. The fourth-order valence-corrected chi connectivity index (χ4v) is 0.821. The van der Waals surface area contributed by atoms with Gasteiger partial charge in [-0.15, -0.1) is 0 Å². The molecular formula is C8H6ClNO. The zero-order chi connectivity index (χ0) is 8.27. The lowest BCUT2D eigenvalue weighted by Crippen LogP contribution is -2.05. The molecule has 1 N–H and O–H groups in total. The Bertz CT molecular complexity index is 273. The normalized spacial score (nSPS) is 9.27. The molecule has 0 heterocycles. The lowest BCUT2D eigenvalue weighted by molar-refractivity contribution is -0.114. The molecule has 0 aromatic heterocycles. The zero-order valence-corrected chi connectivity index (χ0v) is 6.70. The Morgan fingerprint density at radius 1 is 1.64 bits per heavy atom. The lowest BCUT2D eigenvalue weighted by atomic mass is 10.3. The number of anilines is 1. The largest absolute Gasteiger partial charge is 0.326 e. The molecule has 0 unspecified atom stereocenters. The van der Waals surface area contributed by atoms with Gasteiger partial charge in [0.25, 0.3) is 0 Å². The molecule has 0 aliphatic carbocycles. The van der Waals surface area contributed by atoms with E-state index in [0.29, 0.717) is 10.7 Å². The summed E-state index contributed by atoms with van der Waals surface area (Å²) < 4.78 is 0. The van der Waals surface area contributed by atoms with E-state index < -0.39 is 0 Å². The molecule has 0 saturated carbocycles. The summed E-state index contributed by atoms with van der Waals surface area (Å²) in [6, 6.07) is 8.68. The SMILES string of the molecule is CC(=O)Nc1[c]c(Cl)c[c]c1. The standard InChI is InChI=1S/C8H6ClNO/c1-6(11)10-8-4-2-3-7(9)5-8/h3-4H,1H3,(H,10,11). The molecule has 3 heteroatoms.